The van der Waals surface area contributed by atoms with Gasteiger partial charge in [0.15, 0.2) is 17.4 Å². The zero-order chi connectivity index (χ0) is 23.2. The molecule has 2 aliphatic rings. The quantitative estimate of drug-likeness (QED) is 0.633. The Labute approximate surface area is 188 Å². The molecule has 0 spiro atoms. The average molecular weight is 463 g/mol. The minimum absolute atomic E-state index is 0.291. The summed E-state index contributed by atoms with van der Waals surface area (Å²) in [4.78, 5) is 4.24. The summed E-state index contributed by atoms with van der Waals surface area (Å²) in [6, 6.07) is 5.92. The van der Waals surface area contributed by atoms with Gasteiger partial charge in [-0.15, -0.1) is 28.5 Å². The van der Waals surface area contributed by atoms with Gasteiger partial charge >= 0.3 is 6.36 Å². The van der Waals surface area contributed by atoms with Crippen molar-refractivity contribution in [3.63, 3.8) is 0 Å². The molecule has 2 aliphatic heterocycles. The molecule has 12 heteroatoms. The van der Waals surface area contributed by atoms with E-state index in [0.29, 0.717) is 42.0 Å². The Morgan fingerprint density at radius 3 is 2.76 bits per heavy atom. The van der Waals surface area contributed by atoms with E-state index < -0.39 is 6.36 Å². The molecule has 1 fully saturated rings. The number of ether oxygens (including phenoxy) is 2. The molecule has 0 radical (unpaired) electrons. The largest absolute Gasteiger partial charge is 0.573 e. The van der Waals surface area contributed by atoms with Gasteiger partial charge in [-0.1, -0.05) is 12.1 Å². The maximum Gasteiger partial charge on any atom is 0.573 e. The molecule has 0 aliphatic carbocycles. The van der Waals surface area contributed by atoms with Crippen molar-refractivity contribution in [3.05, 3.63) is 24.3 Å². The summed E-state index contributed by atoms with van der Waals surface area (Å²) in [5.74, 6) is 1.25. The molecule has 0 saturated carbocycles. The van der Waals surface area contributed by atoms with Crippen molar-refractivity contribution < 1.29 is 22.6 Å². The molecule has 0 atom stereocenters. The second kappa shape index (κ2) is 8.25. The van der Waals surface area contributed by atoms with Gasteiger partial charge in [-0.05, 0) is 38.1 Å². The van der Waals surface area contributed by atoms with Crippen molar-refractivity contribution >= 4 is 17.2 Å². The van der Waals surface area contributed by atoms with Gasteiger partial charge in [0.1, 0.15) is 18.0 Å². The van der Waals surface area contributed by atoms with Crippen LogP contribution in [0.15, 0.2) is 24.3 Å². The highest BCUT2D eigenvalue weighted by Crippen LogP contribution is 2.42. The molecule has 4 heterocycles. The Balaban J connectivity index is 1.64. The predicted octanol–water partition coefficient (Wildman–Crippen LogP) is 2.71. The molecular weight excluding hydrogens is 439 g/mol. The van der Waals surface area contributed by atoms with Crippen LogP contribution in [0.4, 0.5) is 24.7 Å². The summed E-state index contributed by atoms with van der Waals surface area (Å²) in [7, 11) is 3.99. The zero-order valence-corrected chi connectivity index (χ0v) is 18.3. The standard InChI is InChI=1S/C21H24F3N7O2/c1-29-10-11-32-17-16(29)19(30(2)14-6-8-25-9-7-14)28-31-18(26-27-20(17)31)13-4-3-5-15(12-13)33-21(22,23)24/h3-5,12,14,25H,6-11H2,1-2H3. The van der Waals surface area contributed by atoms with Crippen molar-refractivity contribution in [2.75, 3.05) is 50.1 Å². The van der Waals surface area contributed by atoms with Crippen LogP contribution in [0, 0.1) is 0 Å². The number of rotatable bonds is 4. The average Bonchev–Trinajstić information content (AvgIpc) is 3.22. The van der Waals surface area contributed by atoms with E-state index in [1.807, 2.05) is 14.1 Å². The number of nitrogens with zero attached hydrogens (tertiary/aromatic N) is 6. The van der Waals surface area contributed by atoms with Crippen molar-refractivity contribution in [1.29, 1.82) is 0 Å². The van der Waals surface area contributed by atoms with E-state index in [-0.39, 0.29) is 5.75 Å². The molecule has 1 saturated heterocycles. The van der Waals surface area contributed by atoms with Crippen LogP contribution in [0.2, 0.25) is 0 Å². The third-order valence-corrected chi connectivity index (χ3v) is 6.04. The summed E-state index contributed by atoms with van der Waals surface area (Å²) in [6.45, 7) is 3.04. The first-order chi connectivity index (χ1) is 15.8. The zero-order valence-electron chi connectivity index (χ0n) is 18.3. The number of hydrogen-bond donors (Lipinski definition) is 1. The summed E-state index contributed by atoms with van der Waals surface area (Å²) in [5, 5.41) is 16.7. The lowest BCUT2D eigenvalue weighted by atomic mass is 10.1. The molecular formula is C21H24F3N7O2. The van der Waals surface area contributed by atoms with Gasteiger partial charge in [0.2, 0.25) is 5.65 Å². The first kappa shape index (κ1) is 21.6. The van der Waals surface area contributed by atoms with E-state index in [0.717, 1.165) is 37.4 Å². The number of piperidine rings is 1. The number of halogens is 3. The van der Waals surface area contributed by atoms with E-state index in [1.165, 1.54) is 22.7 Å². The Kier molecular flexibility index (Phi) is 5.39. The molecule has 1 aromatic carbocycles. The minimum atomic E-state index is -4.79. The summed E-state index contributed by atoms with van der Waals surface area (Å²) in [6.07, 6.45) is -2.84. The van der Waals surface area contributed by atoms with E-state index >= 15 is 0 Å². The number of anilines is 2. The van der Waals surface area contributed by atoms with Crippen LogP contribution in [0.5, 0.6) is 11.5 Å². The first-order valence-electron chi connectivity index (χ1n) is 10.7. The third kappa shape index (κ3) is 4.10. The highest BCUT2D eigenvalue weighted by Gasteiger charge is 2.33. The number of hydrogen-bond acceptors (Lipinski definition) is 8. The maximum absolute atomic E-state index is 12.7. The smallest absolute Gasteiger partial charge is 0.486 e. The van der Waals surface area contributed by atoms with Crippen molar-refractivity contribution in [1.82, 2.24) is 25.1 Å². The lowest BCUT2D eigenvalue weighted by molar-refractivity contribution is -0.274. The fourth-order valence-electron chi connectivity index (χ4n) is 4.36. The number of benzene rings is 1. The Morgan fingerprint density at radius 1 is 1.21 bits per heavy atom. The molecule has 1 N–H and O–H groups in total. The number of nitrogens with one attached hydrogen (secondary N) is 1. The third-order valence-electron chi connectivity index (χ3n) is 6.04. The number of likely N-dealkylation sites (N-methyl/N-ethyl adjacent to an activating group) is 1. The maximum atomic E-state index is 12.7. The second-order valence-electron chi connectivity index (χ2n) is 8.20. The predicted molar refractivity (Wildman–Crippen MR) is 116 cm³/mol. The molecule has 9 nitrogen and oxygen atoms in total. The first-order valence-corrected chi connectivity index (χ1v) is 10.7. The minimum Gasteiger partial charge on any atom is -0.486 e. The van der Waals surface area contributed by atoms with Gasteiger partial charge in [0.05, 0.1) is 6.54 Å². The molecule has 0 bridgehead atoms. The van der Waals surface area contributed by atoms with Crippen LogP contribution in [0.1, 0.15) is 12.8 Å². The van der Waals surface area contributed by atoms with Crippen molar-refractivity contribution in [2.24, 2.45) is 0 Å². The lowest BCUT2D eigenvalue weighted by Gasteiger charge is -2.36. The van der Waals surface area contributed by atoms with E-state index in [9.17, 15) is 13.2 Å². The number of aromatic nitrogens is 4. The lowest BCUT2D eigenvalue weighted by Crippen LogP contribution is -2.43. The van der Waals surface area contributed by atoms with Crippen LogP contribution < -0.4 is 24.6 Å². The van der Waals surface area contributed by atoms with Crippen molar-refractivity contribution in [2.45, 2.75) is 25.2 Å². The van der Waals surface area contributed by atoms with Gasteiger partial charge in [0.25, 0.3) is 0 Å². The SMILES string of the molecule is CN1CCOc2c1c(N(C)C1CCNCC1)nn1c(-c3cccc(OC(F)(F)F)c3)nnc21. The topological polar surface area (TPSA) is 80.1 Å². The molecule has 2 aromatic heterocycles. The van der Waals surface area contributed by atoms with Crippen LogP contribution in [0.3, 0.4) is 0 Å². The summed E-state index contributed by atoms with van der Waals surface area (Å²) < 4.78 is 49.8. The molecule has 5 rings (SSSR count). The Bertz CT molecular complexity index is 1160. The van der Waals surface area contributed by atoms with Gasteiger partial charge in [0, 0.05) is 25.7 Å². The molecule has 0 unspecified atom stereocenters. The van der Waals surface area contributed by atoms with Gasteiger partial charge in [-0.3, -0.25) is 0 Å². The van der Waals surface area contributed by atoms with Crippen LogP contribution in [-0.2, 0) is 0 Å². The summed E-state index contributed by atoms with van der Waals surface area (Å²) >= 11 is 0. The molecule has 176 valence electrons. The molecule has 0 amide bonds. The monoisotopic (exact) mass is 463 g/mol. The summed E-state index contributed by atoms with van der Waals surface area (Å²) in [5.41, 5.74) is 1.65. The van der Waals surface area contributed by atoms with Crippen molar-refractivity contribution in [3.8, 4) is 22.9 Å². The van der Waals surface area contributed by atoms with Crippen LogP contribution in [-0.4, -0.2) is 72.6 Å². The second-order valence-corrected chi connectivity index (χ2v) is 8.20. The molecule has 3 aromatic rings. The highest BCUT2D eigenvalue weighted by molar-refractivity contribution is 5.82. The molecule has 33 heavy (non-hydrogen) atoms. The number of alkyl halides is 3. The van der Waals surface area contributed by atoms with Gasteiger partial charge in [-0.25, -0.2) is 0 Å². The number of fused-ring (bicyclic) bond motifs is 3. The fraction of sp³-hybridized carbons (Fsp3) is 0.476. The van der Waals surface area contributed by atoms with E-state index in [1.54, 1.807) is 6.07 Å². The van der Waals surface area contributed by atoms with E-state index in [2.05, 4.69) is 30.1 Å². The van der Waals surface area contributed by atoms with Gasteiger partial charge < -0.3 is 24.6 Å². The Morgan fingerprint density at radius 2 is 2.00 bits per heavy atom. The van der Waals surface area contributed by atoms with Gasteiger partial charge in [-0.2, -0.15) is 4.52 Å². The normalized spacial score (nSPS) is 17.1. The highest BCUT2D eigenvalue weighted by atomic mass is 19.4. The van der Waals surface area contributed by atoms with Crippen LogP contribution >= 0.6 is 0 Å². The van der Waals surface area contributed by atoms with E-state index in [4.69, 9.17) is 9.84 Å². The van der Waals surface area contributed by atoms with Crippen LogP contribution in [0.25, 0.3) is 17.0 Å². The Hall–Kier alpha value is -3.28. The fourth-order valence-corrected chi connectivity index (χ4v) is 4.36.